The summed E-state index contributed by atoms with van der Waals surface area (Å²) < 4.78 is 2.04. The van der Waals surface area contributed by atoms with Gasteiger partial charge in [-0.3, -0.25) is 4.79 Å². The maximum absolute atomic E-state index is 12.9. The fraction of sp³-hybridized carbons (Fsp3) is 0.545. The minimum absolute atomic E-state index is 0.00556. The molecule has 2 fully saturated rings. The van der Waals surface area contributed by atoms with Gasteiger partial charge in [-0.05, 0) is 24.0 Å². The summed E-state index contributed by atoms with van der Waals surface area (Å²) in [5, 5.41) is 0. The van der Waals surface area contributed by atoms with Gasteiger partial charge in [0.2, 0.25) is 5.91 Å². The lowest BCUT2D eigenvalue weighted by molar-refractivity contribution is -0.130. The number of hydrogen-bond acceptors (Lipinski definition) is 2. The minimum atomic E-state index is 0.00556. The molecule has 4 nitrogen and oxygen atoms in total. The van der Waals surface area contributed by atoms with Crippen molar-refractivity contribution in [2.75, 3.05) is 13.1 Å². The average Bonchev–Trinajstić information content (AvgIpc) is 2.92. The third kappa shape index (κ3) is 2.67. The summed E-state index contributed by atoms with van der Waals surface area (Å²) in [7, 11) is 2.02. The van der Waals surface area contributed by atoms with E-state index in [2.05, 4.69) is 48.0 Å². The van der Waals surface area contributed by atoms with E-state index in [0.29, 0.717) is 11.8 Å². The average molecular weight is 351 g/mol. The van der Waals surface area contributed by atoms with Crippen molar-refractivity contribution in [2.24, 2.45) is 18.9 Å². The molecule has 0 spiro atoms. The summed E-state index contributed by atoms with van der Waals surface area (Å²) in [6.45, 7) is 6.37. The Morgan fingerprint density at radius 1 is 1.27 bits per heavy atom. The molecule has 26 heavy (non-hydrogen) atoms. The largest absolute Gasteiger partial charge is 0.342 e. The van der Waals surface area contributed by atoms with Crippen LogP contribution < -0.4 is 0 Å². The smallest absolute Gasteiger partial charge is 0.226 e. The maximum atomic E-state index is 12.9. The molecule has 2 aromatic rings. The molecule has 1 aromatic carbocycles. The minimum Gasteiger partial charge on any atom is -0.342 e. The number of imidazole rings is 1. The number of benzene rings is 1. The highest BCUT2D eigenvalue weighted by atomic mass is 16.2. The van der Waals surface area contributed by atoms with E-state index in [0.717, 1.165) is 25.2 Å². The van der Waals surface area contributed by atoms with Crippen LogP contribution in [0.15, 0.2) is 36.8 Å². The second kappa shape index (κ2) is 6.57. The molecule has 0 bridgehead atoms. The van der Waals surface area contributed by atoms with Gasteiger partial charge in [-0.25, -0.2) is 4.98 Å². The number of fused-ring (bicyclic) bond motifs is 1. The van der Waals surface area contributed by atoms with Crippen molar-refractivity contribution in [3.8, 4) is 11.3 Å². The Hall–Kier alpha value is -2.10. The fourth-order valence-electron chi connectivity index (χ4n) is 4.82. The fourth-order valence-corrected chi connectivity index (χ4v) is 4.82. The zero-order valence-electron chi connectivity index (χ0n) is 16.1. The van der Waals surface area contributed by atoms with E-state index in [4.69, 9.17) is 0 Å². The predicted molar refractivity (Wildman–Crippen MR) is 104 cm³/mol. The number of amides is 1. The third-order valence-corrected chi connectivity index (χ3v) is 6.58. The Kier molecular flexibility index (Phi) is 4.37. The van der Waals surface area contributed by atoms with Crippen LogP contribution in [0, 0.1) is 11.8 Å². The predicted octanol–water partition coefficient (Wildman–Crippen LogP) is 4.01. The van der Waals surface area contributed by atoms with E-state index >= 15 is 0 Å². The van der Waals surface area contributed by atoms with Gasteiger partial charge in [-0.1, -0.05) is 51.3 Å². The standard InChI is InChI=1S/C22H29N3O/c1-4-5-6-7-11-25-14-18-20(21(25)26)22(18,2)17-10-8-9-16(12-17)19-13-23-15-24(19)3/h8-10,12-13,15,18,20H,4-7,11,14H2,1-3H3. The van der Waals surface area contributed by atoms with E-state index in [1.807, 2.05) is 24.1 Å². The molecule has 1 saturated heterocycles. The second-order valence-electron chi connectivity index (χ2n) is 8.18. The Bertz CT molecular complexity index is 811. The van der Waals surface area contributed by atoms with Gasteiger partial charge in [0.15, 0.2) is 0 Å². The van der Waals surface area contributed by atoms with Crippen molar-refractivity contribution in [1.29, 1.82) is 0 Å². The van der Waals surface area contributed by atoms with Gasteiger partial charge in [0.1, 0.15) is 0 Å². The van der Waals surface area contributed by atoms with Gasteiger partial charge in [0, 0.05) is 31.1 Å². The molecular weight excluding hydrogens is 322 g/mol. The lowest BCUT2D eigenvalue weighted by Crippen LogP contribution is -2.34. The summed E-state index contributed by atoms with van der Waals surface area (Å²) in [6.07, 6.45) is 8.62. The molecule has 3 unspecified atom stereocenters. The van der Waals surface area contributed by atoms with Crippen LogP contribution in [0.5, 0.6) is 0 Å². The number of aryl methyl sites for hydroxylation is 1. The lowest BCUT2D eigenvalue weighted by Gasteiger charge is -2.25. The molecular formula is C22H29N3O. The third-order valence-electron chi connectivity index (χ3n) is 6.58. The molecule has 3 atom stereocenters. The van der Waals surface area contributed by atoms with Gasteiger partial charge in [0.05, 0.1) is 24.1 Å². The number of rotatable bonds is 7. The topological polar surface area (TPSA) is 38.1 Å². The van der Waals surface area contributed by atoms with Crippen molar-refractivity contribution in [3.05, 3.63) is 42.4 Å². The van der Waals surface area contributed by atoms with Crippen LogP contribution in [0.3, 0.4) is 0 Å². The van der Waals surface area contributed by atoms with E-state index < -0.39 is 0 Å². The molecule has 2 aliphatic rings. The quantitative estimate of drug-likeness (QED) is 0.707. The van der Waals surface area contributed by atoms with Crippen molar-refractivity contribution in [2.45, 2.75) is 44.9 Å². The molecule has 1 saturated carbocycles. The number of hydrogen-bond donors (Lipinski definition) is 0. The van der Waals surface area contributed by atoms with Crippen LogP contribution in [-0.2, 0) is 17.3 Å². The van der Waals surface area contributed by atoms with Crippen molar-refractivity contribution in [3.63, 3.8) is 0 Å². The molecule has 1 aliphatic carbocycles. The van der Waals surface area contributed by atoms with Gasteiger partial charge in [-0.2, -0.15) is 0 Å². The Balaban J connectivity index is 1.48. The second-order valence-corrected chi connectivity index (χ2v) is 8.18. The number of carbonyl (C=O) groups is 1. The van der Waals surface area contributed by atoms with Gasteiger partial charge >= 0.3 is 0 Å². The highest BCUT2D eigenvalue weighted by molar-refractivity contribution is 5.88. The summed E-state index contributed by atoms with van der Waals surface area (Å²) in [4.78, 5) is 19.2. The number of unbranched alkanes of at least 4 members (excludes halogenated alkanes) is 3. The maximum Gasteiger partial charge on any atom is 0.226 e. The van der Waals surface area contributed by atoms with Crippen LogP contribution in [0.25, 0.3) is 11.3 Å². The SMILES string of the molecule is CCCCCCN1CC2C(C1=O)C2(C)c1cccc(-c2cncn2C)c1. The Morgan fingerprint density at radius 2 is 2.12 bits per heavy atom. The van der Waals surface area contributed by atoms with Crippen molar-refractivity contribution >= 4 is 5.91 Å². The van der Waals surface area contributed by atoms with Gasteiger partial charge < -0.3 is 9.47 Å². The van der Waals surface area contributed by atoms with E-state index in [1.165, 1.54) is 30.4 Å². The van der Waals surface area contributed by atoms with Crippen LogP contribution in [-0.4, -0.2) is 33.4 Å². The molecule has 1 aliphatic heterocycles. The van der Waals surface area contributed by atoms with Crippen molar-refractivity contribution < 1.29 is 4.79 Å². The number of carbonyl (C=O) groups excluding carboxylic acids is 1. The number of nitrogens with zero attached hydrogens (tertiary/aromatic N) is 3. The first-order valence-corrected chi connectivity index (χ1v) is 9.93. The molecule has 138 valence electrons. The molecule has 4 rings (SSSR count). The first-order valence-electron chi connectivity index (χ1n) is 9.93. The first-order chi connectivity index (χ1) is 12.6. The van der Waals surface area contributed by atoms with E-state index in [-0.39, 0.29) is 11.3 Å². The molecule has 2 heterocycles. The highest BCUT2D eigenvalue weighted by Gasteiger charge is 2.70. The summed E-state index contributed by atoms with van der Waals surface area (Å²) in [5.41, 5.74) is 3.60. The molecule has 0 radical (unpaired) electrons. The summed E-state index contributed by atoms with van der Waals surface area (Å²) in [5.74, 6) is 1.03. The van der Waals surface area contributed by atoms with Crippen molar-refractivity contribution in [1.82, 2.24) is 14.5 Å². The molecule has 4 heteroatoms. The van der Waals surface area contributed by atoms with Crippen LogP contribution >= 0.6 is 0 Å². The molecule has 0 N–H and O–H groups in total. The molecule has 1 aromatic heterocycles. The molecule has 1 amide bonds. The number of aromatic nitrogens is 2. The monoisotopic (exact) mass is 351 g/mol. The van der Waals surface area contributed by atoms with Crippen LogP contribution in [0.1, 0.15) is 45.1 Å². The number of piperidine rings is 1. The van der Waals surface area contributed by atoms with Crippen LogP contribution in [0.2, 0.25) is 0 Å². The Morgan fingerprint density at radius 3 is 2.77 bits per heavy atom. The normalized spacial score (nSPS) is 27.0. The van der Waals surface area contributed by atoms with Gasteiger partial charge in [-0.15, -0.1) is 0 Å². The zero-order valence-corrected chi connectivity index (χ0v) is 16.1. The number of likely N-dealkylation sites (tertiary alicyclic amines) is 1. The zero-order chi connectivity index (χ0) is 18.3. The Labute approximate surface area is 156 Å². The van der Waals surface area contributed by atoms with E-state index in [9.17, 15) is 4.79 Å². The highest BCUT2D eigenvalue weighted by Crippen LogP contribution is 2.64. The lowest BCUT2D eigenvalue weighted by atomic mass is 9.90. The van der Waals surface area contributed by atoms with E-state index in [1.54, 1.807) is 0 Å². The van der Waals surface area contributed by atoms with Gasteiger partial charge in [0.25, 0.3) is 0 Å². The summed E-state index contributed by atoms with van der Waals surface area (Å²) >= 11 is 0. The summed E-state index contributed by atoms with van der Waals surface area (Å²) in [6, 6.07) is 8.69. The first kappa shape index (κ1) is 17.3. The van der Waals surface area contributed by atoms with Crippen LogP contribution in [0.4, 0.5) is 0 Å².